The minimum atomic E-state index is -3.53. The average molecular weight is 342 g/mol. The van der Waals surface area contributed by atoms with Crippen molar-refractivity contribution in [1.29, 1.82) is 0 Å². The molecular weight excluding hydrogens is 326 g/mol. The second kappa shape index (κ2) is 5.98. The predicted octanol–water partition coefficient (Wildman–Crippen LogP) is 2.60. The molecule has 2 heterocycles. The van der Waals surface area contributed by atoms with Crippen LogP contribution in [0.15, 0.2) is 33.7 Å². The Kier molecular flexibility index (Phi) is 4.20. The second-order valence-electron chi connectivity index (χ2n) is 5.34. The molecule has 22 heavy (non-hydrogen) atoms. The number of halogens is 1. The molecular formula is C14H16ClN3O3S. The third-order valence-electron chi connectivity index (χ3n) is 3.73. The SMILES string of the molecule is Cc1noc(C2CCCN(S(=O)(=O)c3ccc(Cl)cc3)C2)n1. The quantitative estimate of drug-likeness (QED) is 0.857. The molecule has 0 N–H and O–H groups in total. The van der Waals surface area contributed by atoms with Crippen molar-refractivity contribution < 1.29 is 12.9 Å². The fraction of sp³-hybridized carbons (Fsp3) is 0.429. The van der Waals surface area contributed by atoms with Gasteiger partial charge in [0.2, 0.25) is 15.9 Å². The smallest absolute Gasteiger partial charge is 0.243 e. The Morgan fingerprint density at radius 2 is 2.05 bits per heavy atom. The Bertz CT molecular complexity index is 758. The van der Waals surface area contributed by atoms with Crippen LogP contribution in [0.3, 0.4) is 0 Å². The van der Waals surface area contributed by atoms with Gasteiger partial charge in [-0.15, -0.1) is 0 Å². The van der Waals surface area contributed by atoms with Crippen molar-refractivity contribution in [2.75, 3.05) is 13.1 Å². The highest BCUT2D eigenvalue weighted by molar-refractivity contribution is 7.89. The number of nitrogens with zero attached hydrogens (tertiary/aromatic N) is 3. The van der Waals surface area contributed by atoms with Crippen LogP contribution in [-0.4, -0.2) is 36.0 Å². The van der Waals surface area contributed by atoms with E-state index in [4.69, 9.17) is 16.1 Å². The zero-order valence-electron chi connectivity index (χ0n) is 12.1. The van der Waals surface area contributed by atoms with E-state index in [2.05, 4.69) is 10.1 Å². The summed E-state index contributed by atoms with van der Waals surface area (Å²) in [5.41, 5.74) is 0. The van der Waals surface area contributed by atoms with Crippen molar-refractivity contribution in [2.24, 2.45) is 0 Å². The highest BCUT2D eigenvalue weighted by atomic mass is 35.5. The van der Waals surface area contributed by atoms with E-state index in [0.717, 1.165) is 12.8 Å². The molecule has 0 amide bonds. The summed E-state index contributed by atoms with van der Waals surface area (Å²) in [5, 5.41) is 4.29. The first-order valence-corrected chi connectivity index (χ1v) is 8.84. The maximum Gasteiger partial charge on any atom is 0.243 e. The topological polar surface area (TPSA) is 76.3 Å². The van der Waals surface area contributed by atoms with Gasteiger partial charge in [0, 0.05) is 18.1 Å². The van der Waals surface area contributed by atoms with Crippen molar-refractivity contribution >= 4 is 21.6 Å². The normalized spacial score (nSPS) is 20.2. The number of hydrogen-bond acceptors (Lipinski definition) is 5. The predicted molar refractivity (Wildman–Crippen MR) is 81.2 cm³/mol. The third-order valence-corrected chi connectivity index (χ3v) is 5.86. The first kappa shape index (κ1) is 15.5. The monoisotopic (exact) mass is 341 g/mol. The molecule has 1 atom stereocenters. The molecule has 1 aromatic carbocycles. The van der Waals surface area contributed by atoms with Gasteiger partial charge >= 0.3 is 0 Å². The minimum absolute atomic E-state index is 0.0583. The number of piperidine rings is 1. The van der Waals surface area contributed by atoms with Gasteiger partial charge in [0.15, 0.2) is 5.82 Å². The molecule has 1 aliphatic rings. The lowest BCUT2D eigenvalue weighted by atomic mass is 10.00. The third kappa shape index (κ3) is 3.02. The molecule has 3 rings (SSSR count). The lowest BCUT2D eigenvalue weighted by Gasteiger charge is -2.30. The first-order valence-electron chi connectivity index (χ1n) is 7.03. The summed E-state index contributed by atoms with van der Waals surface area (Å²) in [4.78, 5) is 4.47. The van der Waals surface area contributed by atoms with Crippen LogP contribution < -0.4 is 0 Å². The first-order chi connectivity index (χ1) is 10.5. The fourth-order valence-corrected chi connectivity index (χ4v) is 4.25. The van der Waals surface area contributed by atoms with E-state index < -0.39 is 10.0 Å². The van der Waals surface area contributed by atoms with Gasteiger partial charge in [-0.2, -0.15) is 9.29 Å². The summed E-state index contributed by atoms with van der Waals surface area (Å²) in [6.07, 6.45) is 1.60. The summed E-state index contributed by atoms with van der Waals surface area (Å²) in [6.45, 7) is 2.60. The van der Waals surface area contributed by atoms with Crippen LogP contribution in [0.5, 0.6) is 0 Å². The van der Waals surface area contributed by atoms with E-state index in [0.29, 0.717) is 29.8 Å². The van der Waals surface area contributed by atoms with Crippen molar-refractivity contribution in [3.63, 3.8) is 0 Å². The van der Waals surface area contributed by atoms with E-state index in [1.165, 1.54) is 16.4 Å². The number of benzene rings is 1. The molecule has 0 saturated carbocycles. The zero-order chi connectivity index (χ0) is 15.7. The Labute approximate surface area is 134 Å². The summed E-state index contributed by atoms with van der Waals surface area (Å²) in [5.74, 6) is 1.01. The van der Waals surface area contributed by atoms with Gasteiger partial charge in [-0.05, 0) is 44.0 Å². The summed E-state index contributed by atoms with van der Waals surface area (Å²) in [6, 6.07) is 6.21. The average Bonchev–Trinajstić information content (AvgIpc) is 2.94. The van der Waals surface area contributed by atoms with E-state index in [1.54, 1.807) is 19.1 Å². The van der Waals surface area contributed by atoms with Gasteiger partial charge in [-0.1, -0.05) is 16.8 Å². The Morgan fingerprint density at radius 1 is 1.32 bits per heavy atom. The van der Waals surface area contributed by atoms with Gasteiger partial charge in [-0.3, -0.25) is 0 Å². The highest BCUT2D eigenvalue weighted by Crippen LogP contribution is 2.29. The molecule has 8 heteroatoms. The van der Waals surface area contributed by atoms with Gasteiger partial charge in [0.25, 0.3) is 0 Å². The van der Waals surface area contributed by atoms with Crippen LogP contribution in [0.1, 0.15) is 30.5 Å². The molecule has 6 nitrogen and oxygen atoms in total. The van der Waals surface area contributed by atoms with Crippen LogP contribution in [0, 0.1) is 6.92 Å². The van der Waals surface area contributed by atoms with Crippen molar-refractivity contribution in [1.82, 2.24) is 14.4 Å². The molecule has 0 bridgehead atoms. The molecule has 0 aliphatic carbocycles. The standard InChI is InChI=1S/C14H16ClN3O3S/c1-10-16-14(21-17-10)11-3-2-8-18(9-11)22(19,20)13-6-4-12(15)5-7-13/h4-7,11H,2-3,8-9H2,1H3. The van der Waals surface area contributed by atoms with Gasteiger partial charge in [0.05, 0.1) is 10.8 Å². The molecule has 0 radical (unpaired) electrons. The van der Waals surface area contributed by atoms with Crippen LogP contribution in [0.25, 0.3) is 0 Å². The number of aryl methyl sites for hydroxylation is 1. The van der Waals surface area contributed by atoms with E-state index in [1.807, 2.05) is 0 Å². The van der Waals surface area contributed by atoms with Crippen molar-refractivity contribution in [3.05, 3.63) is 41.0 Å². The second-order valence-corrected chi connectivity index (χ2v) is 7.71. The fourth-order valence-electron chi connectivity index (χ4n) is 2.60. The molecule has 2 aromatic rings. The van der Waals surface area contributed by atoms with E-state index in [9.17, 15) is 8.42 Å². The minimum Gasteiger partial charge on any atom is -0.339 e. The summed E-state index contributed by atoms with van der Waals surface area (Å²) in [7, 11) is -3.53. The van der Waals surface area contributed by atoms with Crippen molar-refractivity contribution in [3.8, 4) is 0 Å². The molecule has 1 unspecified atom stereocenters. The lowest BCUT2D eigenvalue weighted by Crippen LogP contribution is -2.39. The van der Waals surface area contributed by atoms with Crippen LogP contribution in [0.2, 0.25) is 5.02 Å². The van der Waals surface area contributed by atoms with Gasteiger partial charge < -0.3 is 4.52 Å². The zero-order valence-corrected chi connectivity index (χ0v) is 13.6. The Hall–Kier alpha value is -1.44. The highest BCUT2D eigenvalue weighted by Gasteiger charge is 2.33. The Morgan fingerprint density at radius 3 is 2.68 bits per heavy atom. The Balaban J connectivity index is 1.83. The van der Waals surface area contributed by atoms with Crippen LogP contribution in [0.4, 0.5) is 0 Å². The molecule has 0 spiro atoms. The molecule has 118 valence electrons. The molecule has 1 aromatic heterocycles. The molecule has 1 saturated heterocycles. The number of sulfonamides is 1. The van der Waals surface area contributed by atoms with Gasteiger partial charge in [-0.25, -0.2) is 8.42 Å². The van der Waals surface area contributed by atoms with E-state index in [-0.39, 0.29) is 10.8 Å². The summed E-state index contributed by atoms with van der Waals surface area (Å²) < 4.78 is 32.1. The molecule has 1 fully saturated rings. The van der Waals surface area contributed by atoms with Crippen LogP contribution in [-0.2, 0) is 10.0 Å². The maximum absolute atomic E-state index is 12.7. The van der Waals surface area contributed by atoms with E-state index >= 15 is 0 Å². The lowest BCUT2D eigenvalue weighted by molar-refractivity contribution is 0.265. The molecule has 1 aliphatic heterocycles. The maximum atomic E-state index is 12.7. The number of aromatic nitrogens is 2. The number of hydrogen-bond donors (Lipinski definition) is 0. The summed E-state index contributed by atoms with van der Waals surface area (Å²) >= 11 is 5.82. The van der Waals surface area contributed by atoms with Gasteiger partial charge in [0.1, 0.15) is 0 Å². The largest absolute Gasteiger partial charge is 0.339 e. The number of rotatable bonds is 3. The van der Waals surface area contributed by atoms with Crippen molar-refractivity contribution in [2.45, 2.75) is 30.6 Å². The van der Waals surface area contributed by atoms with Crippen LogP contribution >= 0.6 is 11.6 Å².